The van der Waals surface area contributed by atoms with Crippen molar-refractivity contribution in [3.63, 3.8) is 0 Å². The molecule has 1 atom stereocenters. The van der Waals surface area contributed by atoms with Crippen LogP contribution in [0.4, 0.5) is 4.79 Å². The monoisotopic (exact) mass is 392 g/mol. The number of nitrogens with one attached hydrogen (secondary N) is 2. The lowest BCUT2D eigenvalue weighted by Crippen LogP contribution is -2.50. The topological polar surface area (TPSA) is 76.7 Å². The number of ether oxygens (including phenoxy) is 1. The summed E-state index contributed by atoms with van der Waals surface area (Å²) in [6.45, 7) is 14.9. The highest BCUT2D eigenvalue weighted by Crippen LogP contribution is 2.37. The van der Waals surface area contributed by atoms with Gasteiger partial charge in [-0.3, -0.25) is 4.79 Å². The predicted molar refractivity (Wildman–Crippen MR) is 110 cm³/mol. The minimum absolute atomic E-state index is 0.0119. The summed E-state index contributed by atoms with van der Waals surface area (Å²) in [5.41, 5.74) is 0.585. The number of rotatable bonds is 9. The van der Waals surface area contributed by atoms with E-state index in [4.69, 9.17) is 9.16 Å². The lowest BCUT2D eigenvalue weighted by Gasteiger charge is -2.39. The summed E-state index contributed by atoms with van der Waals surface area (Å²) in [7, 11) is -2.08. The second kappa shape index (κ2) is 10.3. The van der Waals surface area contributed by atoms with Crippen LogP contribution in [0.1, 0.15) is 31.1 Å². The van der Waals surface area contributed by atoms with Gasteiger partial charge in [0.25, 0.3) is 5.91 Å². The number of alkyl carbamates (subject to hydrolysis) is 1. The first kappa shape index (κ1) is 22.9. The Morgan fingerprint density at radius 3 is 2.30 bits per heavy atom. The predicted octanol–water partition coefficient (Wildman–Crippen LogP) is 3.72. The number of amides is 2. The van der Waals surface area contributed by atoms with Gasteiger partial charge in [-0.2, -0.15) is 0 Å². The van der Waals surface area contributed by atoms with Gasteiger partial charge in [-0.25, -0.2) is 4.79 Å². The van der Waals surface area contributed by atoms with Crippen molar-refractivity contribution >= 4 is 20.3 Å². The number of benzene rings is 1. The summed E-state index contributed by atoms with van der Waals surface area (Å²) in [6, 6.07) is 9.00. The fourth-order valence-corrected chi connectivity index (χ4v) is 3.38. The Hall–Kier alpha value is -2.12. The van der Waals surface area contributed by atoms with E-state index in [1.807, 2.05) is 18.2 Å². The van der Waals surface area contributed by atoms with Gasteiger partial charge in [0.1, 0.15) is 6.61 Å². The van der Waals surface area contributed by atoms with Crippen LogP contribution in [-0.2, 0) is 9.16 Å². The summed E-state index contributed by atoms with van der Waals surface area (Å²) in [5.74, 6) is -0.173. The number of carbonyl (C=O) groups excluding carboxylic acids is 2. The maximum absolute atomic E-state index is 12.3. The Labute approximate surface area is 163 Å². The zero-order chi connectivity index (χ0) is 20.5. The molecule has 7 heteroatoms. The van der Waals surface area contributed by atoms with Gasteiger partial charge >= 0.3 is 6.09 Å². The molecule has 0 fully saturated rings. The largest absolute Gasteiger partial charge is 0.445 e. The summed E-state index contributed by atoms with van der Waals surface area (Å²) in [5, 5.41) is 5.59. The third kappa shape index (κ3) is 7.97. The maximum Gasteiger partial charge on any atom is 0.407 e. The number of hydrogen-bond acceptors (Lipinski definition) is 4. The van der Waals surface area contributed by atoms with Crippen LogP contribution < -0.4 is 10.6 Å². The van der Waals surface area contributed by atoms with Crippen molar-refractivity contribution in [3.8, 4) is 0 Å². The SMILES string of the molecule is C=CCOC(=O)NC[C@H](CNC(=O)c1ccccc1)O[Si](C)(C)C(C)(C)C. The minimum atomic E-state index is -2.08. The highest BCUT2D eigenvalue weighted by atomic mass is 28.4. The molecule has 1 aromatic carbocycles. The Balaban J connectivity index is 2.73. The third-order valence-electron chi connectivity index (χ3n) is 4.60. The van der Waals surface area contributed by atoms with Gasteiger partial charge in [-0.05, 0) is 30.3 Å². The van der Waals surface area contributed by atoms with E-state index >= 15 is 0 Å². The van der Waals surface area contributed by atoms with E-state index in [0.717, 1.165) is 0 Å². The molecule has 0 aliphatic rings. The minimum Gasteiger partial charge on any atom is -0.445 e. The first-order valence-electron chi connectivity index (χ1n) is 9.09. The molecular formula is C20H32N2O4Si. The quantitative estimate of drug-likeness (QED) is 0.496. The third-order valence-corrected chi connectivity index (χ3v) is 9.14. The van der Waals surface area contributed by atoms with E-state index in [2.05, 4.69) is 51.1 Å². The molecule has 0 unspecified atom stereocenters. The van der Waals surface area contributed by atoms with Crippen molar-refractivity contribution < 1.29 is 18.8 Å². The van der Waals surface area contributed by atoms with Crippen LogP contribution in [-0.4, -0.2) is 46.1 Å². The second-order valence-electron chi connectivity index (χ2n) is 7.84. The van der Waals surface area contributed by atoms with E-state index in [1.165, 1.54) is 6.08 Å². The van der Waals surface area contributed by atoms with Crippen molar-refractivity contribution in [2.75, 3.05) is 19.7 Å². The van der Waals surface area contributed by atoms with E-state index in [1.54, 1.807) is 12.1 Å². The molecule has 0 saturated heterocycles. The normalized spacial score (nSPS) is 12.8. The Morgan fingerprint density at radius 1 is 1.15 bits per heavy atom. The highest BCUT2D eigenvalue weighted by Gasteiger charge is 2.39. The van der Waals surface area contributed by atoms with Gasteiger partial charge in [0.05, 0.1) is 6.10 Å². The van der Waals surface area contributed by atoms with E-state index < -0.39 is 14.4 Å². The van der Waals surface area contributed by atoms with E-state index in [-0.39, 0.29) is 30.2 Å². The second-order valence-corrected chi connectivity index (χ2v) is 12.6. The average molecular weight is 393 g/mol. The molecule has 0 heterocycles. The Kier molecular flexibility index (Phi) is 8.72. The molecule has 27 heavy (non-hydrogen) atoms. The first-order valence-corrected chi connectivity index (χ1v) is 12.0. The molecule has 0 aliphatic carbocycles. The summed E-state index contributed by atoms with van der Waals surface area (Å²) in [6.07, 6.45) is 0.617. The lowest BCUT2D eigenvalue weighted by atomic mass is 10.2. The zero-order valence-corrected chi connectivity index (χ0v) is 18.0. The fraction of sp³-hybridized carbons (Fsp3) is 0.500. The Bertz CT molecular complexity index is 627. The standard InChI is InChI=1S/C20H32N2O4Si/c1-7-13-25-19(24)22-15-17(26-27(5,6)20(2,3)4)14-21-18(23)16-11-9-8-10-12-16/h7-12,17H,1,13-15H2,2-6H3,(H,21,23)(H,22,24)/t17-/m0/s1. The van der Waals surface area contributed by atoms with Gasteiger partial charge in [0.2, 0.25) is 0 Å². The molecule has 150 valence electrons. The van der Waals surface area contributed by atoms with Gasteiger partial charge in [0, 0.05) is 18.7 Å². The van der Waals surface area contributed by atoms with Crippen LogP contribution in [0.15, 0.2) is 43.0 Å². The van der Waals surface area contributed by atoms with Gasteiger partial charge in [-0.1, -0.05) is 51.6 Å². The van der Waals surface area contributed by atoms with Crippen molar-refractivity contribution in [1.29, 1.82) is 0 Å². The van der Waals surface area contributed by atoms with Crippen LogP contribution >= 0.6 is 0 Å². The van der Waals surface area contributed by atoms with Crippen LogP contribution in [0.2, 0.25) is 18.1 Å². The van der Waals surface area contributed by atoms with Crippen molar-refractivity contribution in [3.05, 3.63) is 48.6 Å². The van der Waals surface area contributed by atoms with Crippen LogP contribution in [0.5, 0.6) is 0 Å². The molecule has 1 rings (SSSR count). The first-order chi connectivity index (χ1) is 12.6. The van der Waals surface area contributed by atoms with Crippen LogP contribution in [0.25, 0.3) is 0 Å². The van der Waals surface area contributed by atoms with Gasteiger partial charge in [0.15, 0.2) is 8.32 Å². The molecule has 2 amide bonds. The fourth-order valence-electron chi connectivity index (χ4n) is 2.03. The lowest BCUT2D eigenvalue weighted by molar-refractivity contribution is 0.0919. The van der Waals surface area contributed by atoms with Crippen molar-refractivity contribution in [2.45, 2.75) is 45.0 Å². The molecular weight excluding hydrogens is 360 g/mol. The molecule has 0 aliphatic heterocycles. The van der Waals surface area contributed by atoms with Crippen LogP contribution in [0.3, 0.4) is 0 Å². The Morgan fingerprint density at radius 2 is 1.74 bits per heavy atom. The average Bonchev–Trinajstić information content (AvgIpc) is 2.61. The van der Waals surface area contributed by atoms with Crippen LogP contribution in [0, 0.1) is 0 Å². The molecule has 2 N–H and O–H groups in total. The van der Waals surface area contributed by atoms with Gasteiger partial charge < -0.3 is 19.8 Å². The highest BCUT2D eigenvalue weighted by molar-refractivity contribution is 6.74. The number of hydrogen-bond donors (Lipinski definition) is 2. The molecule has 0 spiro atoms. The summed E-state index contributed by atoms with van der Waals surface area (Å²) >= 11 is 0. The van der Waals surface area contributed by atoms with E-state index in [0.29, 0.717) is 12.1 Å². The molecule has 0 bridgehead atoms. The van der Waals surface area contributed by atoms with Gasteiger partial charge in [-0.15, -0.1) is 0 Å². The zero-order valence-electron chi connectivity index (χ0n) is 17.0. The molecule has 6 nitrogen and oxygen atoms in total. The molecule has 1 aromatic rings. The molecule has 0 saturated carbocycles. The molecule has 0 aromatic heterocycles. The number of carbonyl (C=O) groups is 2. The summed E-state index contributed by atoms with van der Waals surface area (Å²) in [4.78, 5) is 24.0. The maximum atomic E-state index is 12.3. The van der Waals surface area contributed by atoms with E-state index in [9.17, 15) is 9.59 Å². The molecule has 0 radical (unpaired) electrons. The smallest absolute Gasteiger partial charge is 0.407 e. The van der Waals surface area contributed by atoms with Crippen molar-refractivity contribution in [2.24, 2.45) is 0 Å². The summed E-state index contributed by atoms with van der Waals surface area (Å²) < 4.78 is 11.3. The van der Waals surface area contributed by atoms with Crippen molar-refractivity contribution in [1.82, 2.24) is 10.6 Å².